The first-order valence-electron chi connectivity index (χ1n) is 9.56. The molecule has 4 heteroatoms. The van der Waals surface area contributed by atoms with Crippen LogP contribution in [-0.4, -0.2) is 29.3 Å². The Morgan fingerprint density at radius 1 is 1.20 bits per heavy atom. The van der Waals surface area contributed by atoms with Crippen LogP contribution in [0.1, 0.15) is 76.3 Å². The Morgan fingerprint density at radius 2 is 1.88 bits per heavy atom. The predicted octanol–water partition coefficient (Wildman–Crippen LogP) is 4.63. The maximum atomic E-state index is 12.5. The highest BCUT2D eigenvalue weighted by Crippen LogP contribution is 2.28. The molecule has 0 atom stereocenters. The molecular weight excluding hydrogens is 312 g/mol. The second kappa shape index (κ2) is 9.02. The lowest BCUT2D eigenvalue weighted by Gasteiger charge is -2.33. The number of carbonyl (C=O) groups excluding carboxylic acids is 2. The summed E-state index contributed by atoms with van der Waals surface area (Å²) in [6, 6.07) is 6.42. The molecule has 0 aromatic heterocycles. The zero-order valence-electron chi connectivity index (χ0n) is 16.1. The largest absolute Gasteiger partial charge is 0.339 e. The number of carbonyl (C=O) groups is 2. The molecular formula is C21H32N2O2. The van der Waals surface area contributed by atoms with Gasteiger partial charge in [0.05, 0.1) is 0 Å². The molecule has 138 valence electrons. The molecule has 0 bridgehead atoms. The molecule has 25 heavy (non-hydrogen) atoms. The van der Waals surface area contributed by atoms with Gasteiger partial charge in [-0.3, -0.25) is 9.59 Å². The van der Waals surface area contributed by atoms with E-state index in [0.717, 1.165) is 29.7 Å². The molecule has 1 aliphatic carbocycles. The van der Waals surface area contributed by atoms with E-state index in [1.807, 2.05) is 24.0 Å². The third-order valence-electron chi connectivity index (χ3n) is 5.19. The van der Waals surface area contributed by atoms with Gasteiger partial charge in [-0.1, -0.05) is 51.3 Å². The van der Waals surface area contributed by atoms with Crippen molar-refractivity contribution in [1.29, 1.82) is 0 Å². The second-order valence-corrected chi connectivity index (χ2v) is 7.50. The lowest BCUT2D eigenvalue weighted by molar-refractivity contribution is -0.132. The molecule has 1 aromatic rings. The first-order chi connectivity index (χ1) is 11.9. The Bertz CT molecular complexity index is 604. The van der Waals surface area contributed by atoms with Gasteiger partial charge >= 0.3 is 0 Å². The van der Waals surface area contributed by atoms with Crippen molar-refractivity contribution in [3.8, 4) is 0 Å². The summed E-state index contributed by atoms with van der Waals surface area (Å²) < 4.78 is 0. The van der Waals surface area contributed by atoms with Crippen molar-refractivity contribution in [2.24, 2.45) is 0 Å². The van der Waals surface area contributed by atoms with Crippen LogP contribution in [-0.2, 0) is 9.59 Å². The molecule has 0 heterocycles. The molecule has 2 amide bonds. The second-order valence-electron chi connectivity index (χ2n) is 7.50. The van der Waals surface area contributed by atoms with Crippen molar-refractivity contribution in [2.45, 2.75) is 78.2 Å². The molecule has 1 saturated carbocycles. The van der Waals surface area contributed by atoms with Gasteiger partial charge in [0, 0.05) is 31.6 Å². The van der Waals surface area contributed by atoms with E-state index in [-0.39, 0.29) is 11.8 Å². The molecule has 0 saturated heterocycles. The summed E-state index contributed by atoms with van der Waals surface area (Å²) in [7, 11) is 0. The van der Waals surface area contributed by atoms with Crippen molar-refractivity contribution in [1.82, 2.24) is 4.90 Å². The molecule has 1 aromatic carbocycles. The number of amides is 2. The average Bonchev–Trinajstić information content (AvgIpc) is 2.57. The van der Waals surface area contributed by atoms with Crippen molar-refractivity contribution in [2.75, 3.05) is 11.9 Å². The Morgan fingerprint density at radius 3 is 2.48 bits per heavy atom. The predicted molar refractivity (Wildman–Crippen MR) is 103 cm³/mol. The van der Waals surface area contributed by atoms with Crippen molar-refractivity contribution in [3.63, 3.8) is 0 Å². The molecule has 0 radical (unpaired) electrons. The van der Waals surface area contributed by atoms with E-state index in [1.165, 1.54) is 19.3 Å². The summed E-state index contributed by atoms with van der Waals surface area (Å²) in [5, 5.41) is 3.08. The fourth-order valence-corrected chi connectivity index (χ4v) is 3.76. The van der Waals surface area contributed by atoms with Gasteiger partial charge in [0.25, 0.3) is 0 Å². The third-order valence-corrected chi connectivity index (χ3v) is 5.19. The topological polar surface area (TPSA) is 49.4 Å². The summed E-state index contributed by atoms with van der Waals surface area (Å²) in [5.74, 6) is 0.419. The van der Waals surface area contributed by atoms with Gasteiger partial charge in [-0.05, 0) is 36.8 Å². The van der Waals surface area contributed by atoms with Crippen LogP contribution in [0.2, 0.25) is 0 Å². The summed E-state index contributed by atoms with van der Waals surface area (Å²) in [4.78, 5) is 26.4. The highest BCUT2D eigenvalue weighted by molar-refractivity contribution is 5.92. The van der Waals surface area contributed by atoms with Crippen LogP contribution in [0, 0.1) is 6.92 Å². The quantitative estimate of drug-likeness (QED) is 0.818. The SMILES string of the molecule is CC(=O)N(CCC(=O)Nc1c(C)cccc1C(C)C)C1CCCCC1. The van der Waals surface area contributed by atoms with E-state index in [4.69, 9.17) is 0 Å². The van der Waals surface area contributed by atoms with Gasteiger partial charge in [-0.25, -0.2) is 0 Å². The van der Waals surface area contributed by atoms with Crippen LogP contribution in [0.4, 0.5) is 5.69 Å². The standard InChI is InChI=1S/C21H32N2O2/c1-15(2)19-12-8-9-16(3)21(19)22-20(25)13-14-23(17(4)24)18-10-6-5-7-11-18/h8-9,12,15,18H,5-7,10-11,13-14H2,1-4H3,(H,22,25). The third kappa shape index (κ3) is 5.32. The van der Waals surface area contributed by atoms with Crippen LogP contribution in [0.5, 0.6) is 0 Å². The molecule has 1 N–H and O–H groups in total. The number of rotatable bonds is 6. The number of hydrogen-bond donors (Lipinski definition) is 1. The van der Waals surface area contributed by atoms with E-state index >= 15 is 0 Å². The van der Waals surface area contributed by atoms with Crippen molar-refractivity contribution in [3.05, 3.63) is 29.3 Å². The first-order valence-corrected chi connectivity index (χ1v) is 9.56. The maximum absolute atomic E-state index is 12.5. The Labute approximate surface area is 152 Å². The minimum absolute atomic E-state index is 0.0155. The summed E-state index contributed by atoms with van der Waals surface area (Å²) >= 11 is 0. The molecule has 1 fully saturated rings. The molecule has 4 nitrogen and oxygen atoms in total. The normalized spacial score (nSPS) is 15.2. The Balaban J connectivity index is 1.99. The van der Waals surface area contributed by atoms with Crippen molar-refractivity contribution >= 4 is 17.5 Å². The number of nitrogens with one attached hydrogen (secondary N) is 1. The van der Waals surface area contributed by atoms with Gasteiger partial charge in [0.15, 0.2) is 0 Å². The number of para-hydroxylation sites is 1. The van der Waals surface area contributed by atoms with Crippen LogP contribution >= 0.6 is 0 Å². The smallest absolute Gasteiger partial charge is 0.226 e. The van der Waals surface area contributed by atoms with E-state index < -0.39 is 0 Å². The fraction of sp³-hybridized carbons (Fsp3) is 0.619. The van der Waals surface area contributed by atoms with Gasteiger partial charge in [0.1, 0.15) is 0 Å². The van der Waals surface area contributed by atoms with Crippen LogP contribution < -0.4 is 5.32 Å². The molecule has 2 rings (SSSR count). The molecule has 0 spiro atoms. The lowest BCUT2D eigenvalue weighted by Crippen LogP contribution is -2.41. The summed E-state index contributed by atoms with van der Waals surface area (Å²) in [5.41, 5.74) is 3.16. The van der Waals surface area contributed by atoms with E-state index in [2.05, 4.69) is 25.2 Å². The monoisotopic (exact) mass is 344 g/mol. The summed E-state index contributed by atoms with van der Waals surface area (Å²) in [6.07, 6.45) is 6.10. The lowest BCUT2D eigenvalue weighted by atomic mass is 9.94. The minimum atomic E-state index is -0.0155. The molecule has 0 aliphatic heterocycles. The van der Waals surface area contributed by atoms with Crippen LogP contribution in [0.25, 0.3) is 0 Å². The number of aryl methyl sites for hydroxylation is 1. The highest BCUT2D eigenvalue weighted by Gasteiger charge is 2.23. The van der Waals surface area contributed by atoms with Gasteiger partial charge in [0.2, 0.25) is 11.8 Å². The first kappa shape index (κ1) is 19.5. The molecule has 1 aliphatic rings. The van der Waals surface area contributed by atoms with E-state index in [0.29, 0.717) is 24.9 Å². The molecule has 0 unspecified atom stereocenters. The van der Waals surface area contributed by atoms with Gasteiger partial charge in [-0.2, -0.15) is 0 Å². The van der Waals surface area contributed by atoms with Gasteiger partial charge in [-0.15, -0.1) is 0 Å². The Hall–Kier alpha value is -1.84. The fourth-order valence-electron chi connectivity index (χ4n) is 3.76. The number of nitrogens with zero attached hydrogens (tertiary/aromatic N) is 1. The average molecular weight is 344 g/mol. The van der Waals surface area contributed by atoms with Crippen LogP contribution in [0.3, 0.4) is 0 Å². The number of anilines is 1. The van der Waals surface area contributed by atoms with E-state index in [1.54, 1.807) is 6.92 Å². The maximum Gasteiger partial charge on any atom is 0.226 e. The highest BCUT2D eigenvalue weighted by atomic mass is 16.2. The zero-order chi connectivity index (χ0) is 18.4. The number of hydrogen-bond acceptors (Lipinski definition) is 2. The van der Waals surface area contributed by atoms with Crippen molar-refractivity contribution < 1.29 is 9.59 Å². The number of benzene rings is 1. The summed E-state index contributed by atoms with van der Waals surface area (Å²) in [6.45, 7) is 8.40. The minimum Gasteiger partial charge on any atom is -0.339 e. The van der Waals surface area contributed by atoms with Gasteiger partial charge < -0.3 is 10.2 Å². The Kier molecular flexibility index (Phi) is 7.03. The van der Waals surface area contributed by atoms with Crippen LogP contribution in [0.15, 0.2) is 18.2 Å². The zero-order valence-corrected chi connectivity index (χ0v) is 16.1. The van der Waals surface area contributed by atoms with E-state index in [9.17, 15) is 9.59 Å².